The first-order chi connectivity index (χ1) is 25.5. The van der Waals surface area contributed by atoms with E-state index in [9.17, 15) is 0 Å². The summed E-state index contributed by atoms with van der Waals surface area (Å²) < 4.78 is 2.76. The molecule has 0 spiro atoms. The maximum atomic E-state index is 2.61. The first kappa shape index (κ1) is 31.9. The predicted octanol–water partition coefficient (Wildman–Crippen LogP) is 13.7. The predicted molar refractivity (Wildman–Crippen MR) is 228 cm³/mol. The number of thiophene rings is 1. The number of fused-ring (bicyclic) bond motifs is 12. The van der Waals surface area contributed by atoms with Crippen molar-refractivity contribution < 1.29 is 0 Å². The van der Waals surface area contributed by atoms with Gasteiger partial charge in [0.2, 0.25) is 0 Å². The molecule has 3 heteroatoms. The minimum atomic E-state index is -0.0810. The lowest BCUT2D eigenvalue weighted by atomic mass is 9.62. The number of nitrogens with zero attached hydrogens (tertiary/aromatic N) is 1. The summed E-state index contributed by atoms with van der Waals surface area (Å²) in [7, 11) is 0. The van der Waals surface area contributed by atoms with Crippen LogP contribution in [-0.4, -0.2) is 5.25 Å². The molecule has 5 aliphatic rings. The van der Waals surface area contributed by atoms with Crippen LogP contribution in [0.15, 0.2) is 150 Å². The van der Waals surface area contributed by atoms with Crippen molar-refractivity contribution in [1.29, 1.82) is 0 Å². The lowest BCUT2D eigenvalue weighted by Gasteiger charge is -2.45. The number of rotatable bonds is 3. The van der Waals surface area contributed by atoms with Crippen molar-refractivity contribution in [2.45, 2.75) is 74.4 Å². The highest BCUT2D eigenvalue weighted by atomic mass is 32.2. The van der Waals surface area contributed by atoms with Crippen molar-refractivity contribution in [2.24, 2.45) is 5.41 Å². The molecule has 11 rings (SSSR count). The van der Waals surface area contributed by atoms with E-state index in [1.165, 1.54) is 86.7 Å². The Morgan fingerprint density at radius 3 is 2.23 bits per heavy atom. The third kappa shape index (κ3) is 4.10. The van der Waals surface area contributed by atoms with Gasteiger partial charge >= 0.3 is 0 Å². The summed E-state index contributed by atoms with van der Waals surface area (Å²) in [6.07, 6.45) is 13.4. The smallest absolute Gasteiger partial charge is 0.0464 e. The Bertz CT molecular complexity index is 2730. The van der Waals surface area contributed by atoms with E-state index in [0.29, 0.717) is 5.25 Å². The van der Waals surface area contributed by atoms with Gasteiger partial charge in [-0.3, -0.25) is 0 Å². The van der Waals surface area contributed by atoms with E-state index in [1.807, 2.05) is 23.1 Å². The number of hydrogen-bond acceptors (Lipinski definition) is 3. The largest absolute Gasteiger partial charge is 0.314 e. The van der Waals surface area contributed by atoms with Gasteiger partial charge in [-0.25, -0.2) is 0 Å². The summed E-state index contributed by atoms with van der Waals surface area (Å²) in [6.45, 7) is 14.6. The zero-order chi connectivity index (χ0) is 36.1. The fraction of sp³-hybridized carbons (Fsp3) is 0.240. The Hall–Kier alpha value is -4.57. The number of hydrogen-bond donors (Lipinski definition) is 0. The highest BCUT2D eigenvalue weighted by Gasteiger charge is 2.53. The minimum Gasteiger partial charge on any atom is -0.314 e. The van der Waals surface area contributed by atoms with Crippen LogP contribution in [0.1, 0.15) is 75.8 Å². The van der Waals surface area contributed by atoms with Crippen LogP contribution in [0.25, 0.3) is 36.9 Å². The number of allylic oxidation sites excluding steroid dienone is 6. The fourth-order valence-corrected chi connectivity index (χ4v) is 13.3. The van der Waals surface area contributed by atoms with E-state index in [2.05, 4.69) is 180 Å². The van der Waals surface area contributed by atoms with Gasteiger partial charge in [0.1, 0.15) is 0 Å². The molecule has 0 saturated heterocycles. The molecule has 1 aliphatic heterocycles. The van der Waals surface area contributed by atoms with Crippen LogP contribution in [0.4, 0.5) is 5.69 Å². The van der Waals surface area contributed by atoms with Crippen LogP contribution < -0.4 is 4.90 Å². The highest BCUT2D eigenvalue weighted by molar-refractivity contribution is 8.00. The van der Waals surface area contributed by atoms with Crippen molar-refractivity contribution >= 4 is 54.5 Å². The molecule has 5 aromatic carbocycles. The van der Waals surface area contributed by atoms with Gasteiger partial charge in [-0.05, 0) is 99.5 Å². The van der Waals surface area contributed by atoms with Crippen molar-refractivity contribution in [3.05, 3.63) is 173 Å². The lowest BCUT2D eigenvalue weighted by Crippen LogP contribution is -2.39. The first-order valence-corrected chi connectivity index (χ1v) is 20.8. The van der Waals surface area contributed by atoms with Crippen LogP contribution in [0.3, 0.4) is 0 Å². The van der Waals surface area contributed by atoms with Crippen molar-refractivity contribution in [3.63, 3.8) is 0 Å². The second kappa shape index (κ2) is 10.6. The molecule has 260 valence electrons. The quantitative estimate of drug-likeness (QED) is 0.179. The average Bonchev–Trinajstić information content (AvgIpc) is 3.79. The summed E-state index contributed by atoms with van der Waals surface area (Å²) in [5, 5.41) is 3.06. The van der Waals surface area contributed by atoms with Gasteiger partial charge in [0.25, 0.3) is 0 Å². The monoisotopic (exact) mass is 721 g/mol. The van der Waals surface area contributed by atoms with Gasteiger partial charge in [0, 0.05) is 69.1 Å². The molecule has 53 heavy (non-hydrogen) atoms. The van der Waals surface area contributed by atoms with E-state index in [0.717, 1.165) is 6.42 Å². The fourth-order valence-electron chi connectivity index (χ4n) is 10.6. The third-order valence-corrected chi connectivity index (χ3v) is 16.6. The van der Waals surface area contributed by atoms with Crippen LogP contribution in [0, 0.1) is 5.41 Å². The Morgan fingerprint density at radius 2 is 1.38 bits per heavy atom. The molecule has 1 nitrogen and oxygen atoms in total. The van der Waals surface area contributed by atoms with Crippen LogP contribution in [0.2, 0.25) is 0 Å². The molecular weight excluding hydrogens is 679 g/mol. The number of benzene rings is 5. The molecule has 0 radical (unpaired) electrons. The van der Waals surface area contributed by atoms with E-state index in [-0.39, 0.29) is 21.7 Å². The van der Waals surface area contributed by atoms with Gasteiger partial charge in [0.15, 0.2) is 0 Å². The zero-order valence-electron chi connectivity index (χ0n) is 31.2. The number of anilines is 1. The molecule has 6 aromatic rings. The molecule has 3 unspecified atom stereocenters. The van der Waals surface area contributed by atoms with Crippen LogP contribution >= 0.6 is 23.1 Å². The average molecular weight is 722 g/mol. The second-order valence-electron chi connectivity index (χ2n) is 17.3. The van der Waals surface area contributed by atoms with E-state index >= 15 is 0 Å². The molecule has 3 atom stereocenters. The summed E-state index contributed by atoms with van der Waals surface area (Å²) in [6, 6.07) is 39.3. The van der Waals surface area contributed by atoms with E-state index in [1.54, 1.807) is 0 Å². The maximum absolute atomic E-state index is 2.61. The van der Waals surface area contributed by atoms with E-state index < -0.39 is 0 Å². The first-order valence-electron chi connectivity index (χ1n) is 19.1. The van der Waals surface area contributed by atoms with E-state index in [4.69, 9.17) is 0 Å². The van der Waals surface area contributed by atoms with Crippen molar-refractivity contribution in [3.8, 4) is 11.1 Å². The summed E-state index contributed by atoms with van der Waals surface area (Å²) in [4.78, 5) is 4.03. The maximum Gasteiger partial charge on any atom is 0.0464 e. The molecule has 1 aromatic heterocycles. The molecule has 2 heterocycles. The normalized spacial score (nSPS) is 25.2. The van der Waals surface area contributed by atoms with Crippen LogP contribution in [-0.2, 0) is 16.2 Å². The standard InChI is InChI=1S/C50H43NS2/c1-47(2)38-16-10-7-13-33(38)36-25-30(19-21-39(36)47)51(32-20-22-41-35-15-8-11-17-40(35)48(3,4)50(41,6)29-32)31-23-24-49(5)42-27-37-34-14-9-12-18-43(34)52-44(37)28-45(42)53-46(49)26-31/h7-28,46H,29H2,1-6H3. The van der Waals surface area contributed by atoms with Gasteiger partial charge in [-0.1, -0.05) is 126 Å². The zero-order valence-corrected chi connectivity index (χ0v) is 32.9. The Kier molecular flexibility index (Phi) is 6.35. The van der Waals surface area contributed by atoms with Crippen molar-refractivity contribution in [1.82, 2.24) is 0 Å². The molecular formula is C50H43NS2. The van der Waals surface area contributed by atoms with Gasteiger partial charge in [-0.2, -0.15) is 0 Å². The Balaban J connectivity index is 1.06. The molecule has 4 aliphatic carbocycles. The molecule has 0 bridgehead atoms. The number of thioether (sulfide) groups is 1. The minimum absolute atomic E-state index is 0.00313. The third-order valence-electron chi connectivity index (χ3n) is 14.0. The van der Waals surface area contributed by atoms with Gasteiger partial charge in [-0.15, -0.1) is 23.1 Å². The van der Waals surface area contributed by atoms with Crippen LogP contribution in [0.5, 0.6) is 0 Å². The summed E-state index contributed by atoms with van der Waals surface area (Å²) in [5.41, 5.74) is 15.1. The lowest BCUT2D eigenvalue weighted by molar-refractivity contribution is 0.264. The van der Waals surface area contributed by atoms with Crippen molar-refractivity contribution in [2.75, 3.05) is 4.90 Å². The Morgan fingerprint density at radius 1 is 0.642 bits per heavy atom. The molecule has 0 amide bonds. The Labute approximate surface area is 321 Å². The highest BCUT2D eigenvalue weighted by Crippen LogP contribution is 2.63. The molecule has 0 saturated carbocycles. The van der Waals surface area contributed by atoms with Gasteiger partial charge < -0.3 is 4.90 Å². The SMILES string of the molecule is CC1(C)c2ccccc2-c2cc(N(C3=CC4Sc5cc6sc7ccccc7c6cc5C4(C)C=C3)C3=CC=C4c5ccccc5C(C)(C)C4(C)C3)ccc21. The second-order valence-corrected chi connectivity index (χ2v) is 19.6. The summed E-state index contributed by atoms with van der Waals surface area (Å²) in [5.74, 6) is 0. The molecule has 0 fully saturated rings. The topological polar surface area (TPSA) is 3.24 Å². The molecule has 0 N–H and O–H groups in total. The van der Waals surface area contributed by atoms with Gasteiger partial charge in [0.05, 0.1) is 0 Å². The summed E-state index contributed by atoms with van der Waals surface area (Å²) >= 11 is 3.96.